The van der Waals surface area contributed by atoms with Crippen LogP contribution < -0.4 is 9.47 Å². The second kappa shape index (κ2) is 6.66. The third-order valence-electron chi connectivity index (χ3n) is 4.71. The van der Waals surface area contributed by atoms with Crippen molar-refractivity contribution in [3.05, 3.63) is 66.7 Å². The standard InChI is InChI=1S/C22H16O3.W/c23-18-10-9-14-5-1-3-7-16(14)20(18)21-17-8-4-2-6-15(17)13-19-22(21)25-12-11-24-19;/h1-10,13,23H,11-12H2;. The van der Waals surface area contributed by atoms with Crippen LogP contribution in [0.4, 0.5) is 0 Å². The fraction of sp³-hybridized carbons (Fsp3) is 0.0909. The van der Waals surface area contributed by atoms with Gasteiger partial charge in [0, 0.05) is 32.2 Å². The topological polar surface area (TPSA) is 38.7 Å². The summed E-state index contributed by atoms with van der Waals surface area (Å²) in [5, 5.41) is 14.9. The smallest absolute Gasteiger partial charge is 0.169 e. The molecule has 0 amide bonds. The van der Waals surface area contributed by atoms with Crippen molar-refractivity contribution in [2.24, 2.45) is 0 Å². The minimum absolute atomic E-state index is 0. The predicted molar refractivity (Wildman–Crippen MR) is 99.5 cm³/mol. The van der Waals surface area contributed by atoms with Gasteiger partial charge in [0.1, 0.15) is 19.0 Å². The molecule has 0 fully saturated rings. The van der Waals surface area contributed by atoms with E-state index < -0.39 is 0 Å². The van der Waals surface area contributed by atoms with E-state index in [-0.39, 0.29) is 26.8 Å². The van der Waals surface area contributed by atoms with E-state index >= 15 is 0 Å². The molecule has 1 aliphatic rings. The van der Waals surface area contributed by atoms with Crippen molar-refractivity contribution < 1.29 is 35.6 Å². The Hall–Kier alpha value is -2.51. The van der Waals surface area contributed by atoms with Gasteiger partial charge in [0.25, 0.3) is 0 Å². The molecule has 0 aliphatic carbocycles. The maximum atomic E-state index is 10.7. The van der Waals surface area contributed by atoms with Crippen LogP contribution in [0, 0.1) is 0 Å². The SMILES string of the molecule is Oc1ccc2ccccc2c1-c1c2c(cc3ccccc13)OCCO2.[W]. The Labute approximate surface area is 165 Å². The first-order valence-electron chi connectivity index (χ1n) is 8.35. The molecule has 5 rings (SSSR count). The molecule has 4 aromatic rings. The number of hydrogen-bond acceptors (Lipinski definition) is 3. The largest absolute Gasteiger partial charge is 0.507 e. The Morgan fingerprint density at radius 3 is 2.15 bits per heavy atom. The molecule has 0 saturated heterocycles. The zero-order chi connectivity index (χ0) is 16.8. The molecule has 0 saturated carbocycles. The second-order valence-corrected chi connectivity index (χ2v) is 6.18. The maximum absolute atomic E-state index is 10.7. The molecule has 4 heteroatoms. The molecule has 0 aromatic heterocycles. The number of fused-ring (bicyclic) bond motifs is 3. The van der Waals surface area contributed by atoms with Gasteiger partial charge in [-0.05, 0) is 33.7 Å². The van der Waals surface area contributed by atoms with Crippen molar-refractivity contribution in [1.29, 1.82) is 0 Å². The third-order valence-corrected chi connectivity index (χ3v) is 4.71. The summed E-state index contributed by atoms with van der Waals surface area (Å²) in [6, 6.07) is 21.9. The van der Waals surface area contributed by atoms with Crippen molar-refractivity contribution in [3.63, 3.8) is 0 Å². The summed E-state index contributed by atoms with van der Waals surface area (Å²) in [5.74, 6) is 1.68. The number of benzene rings is 4. The Morgan fingerprint density at radius 1 is 0.692 bits per heavy atom. The van der Waals surface area contributed by atoms with Crippen LogP contribution >= 0.6 is 0 Å². The van der Waals surface area contributed by atoms with E-state index in [4.69, 9.17) is 9.47 Å². The van der Waals surface area contributed by atoms with Gasteiger partial charge in [0.2, 0.25) is 0 Å². The molecule has 0 spiro atoms. The van der Waals surface area contributed by atoms with E-state index in [9.17, 15) is 5.11 Å². The van der Waals surface area contributed by atoms with E-state index in [1.807, 2.05) is 48.5 Å². The average Bonchev–Trinajstić information content (AvgIpc) is 2.67. The molecule has 0 unspecified atom stereocenters. The Morgan fingerprint density at radius 2 is 1.35 bits per heavy atom. The van der Waals surface area contributed by atoms with Crippen molar-refractivity contribution in [1.82, 2.24) is 0 Å². The van der Waals surface area contributed by atoms with Crippen LogP contribution in [0.15, 0.2) is 66.7 Å². The number of phenolic OH excluding ortho intramolecular Hbond substituents is 1. The molecule has 128 valence electrons. The van der Waals surface area contributed by atoms with Gasteiger partial charge in [-0.25, -0.2) is 0 Å². The van der Waals surface area contributed by atoms with E-state index in [0.29, 0.717) is 19.0 Å². The quantitative estimate of drug-likeness (QED) is 0.385. The molecule has 0 atom stereocenters. The summed E-state index contributed by atoms with van der Waals surface area (Å²) in [4.78, 5) is 0. The summed E-state index contributed by atoms with van der Waals surface area (Å²) >= 11 is 0. The summed E-state index contributed by atoms with van der Waals surface area (Å²) in [6.45, 7) is 1.04. The van der Waals surface area contributed by atoms with E-state index in [0.717, 1.165) is 38.4 Å². The van der Waals surface area contributed by atoms with Crippen molar-refractivity contribution in [3.8, 4) is 28.4 Å². The summed E-state index contributed by atoms with van der Waals surface area (Å²) < 4.78 is 11.8. The molecule has 4 aromatic carbocycles. The number of hydrogen-bond donors (Lipinski definition) is 1. The first kappa shape index (κ1) is 16.9. The normalized spacial score (nSPS) is 12.8. The number of ether oxygens (including phenoxy) is 2. The molecule has 0 bridgehead atoms. The Kier molecular flexibility index (Phi) is 4.34. The van der Waals surface area contributed by atoms with Crippen LogP contribution in [0.3, 0.4) is 0 Å². The third kappa shape index (κ3) is 2.55. The average molecular weight is 512 g/mol. The van der Waals surface area contributed by atoms with Crippen molar-refractivity contribution >= 4 is 21.5 Å². The van der Waals surface area contributed by atoms with Gasteiger partial charge in [-0.15, -0.1) is 0 Å². The van der Waals surface area contributed by atoms with Gasteiger partial charge in [0.15, 0.2) is 11.5 Å². The van der Waals surface area contributed by atoms with Crippen LogP contribution in [0.5, 0.6) is 17.2 Å². The Bertz CT molecular complexity index is 1120. The monoisotopic (exact) mass is 512 g/mol. The summed E-state index contributed by atoms with van der Waals surface area (Å²) in [6.07, 6.45) is 0. The van der Waals surface area contributed by atoms with Gasteiger partial charge in [-0.2, -0.15) is 0 Å². The first-order chi connectivity index (χ1) is 12.3. The number of rotatable bonds is 1. The van der Waals surface area contributed by atoms with E-state index in [2.05, 4.69) is 12.1 Å². The van der Waals surface area contributed by atoms with Gasteiger partial charge in [0.05, 0.1) is 0 Å². The van der Waals surface area contributed by atoms with E-state index in [1.54, 1.807) is 6.07 Å². The molecular formula is C22H16O3W. The fourth-order valence-electron chi connectivity index (χ4n) is 3.62. The minimum Gasteiger partial charge on any atom is -0.507 e. The zero-order valence-corrected chi connectivity index (χ0v) is 16.9. The van der Waals surface area contributed by atoms with Crippen molar-refractivity contribution in [2.75, 3.05) is 13.2 Å². The number of aromatic hydroxyl groups is 1. The molecule has 1 N–H and O–H groups in total. The molecular weight excluding hydrogens is 496 g/mol. The van der Waals surface area contributed by atoms with Crippen LogP contribution in [-0.4, -0.2) is 18.3 Å². The fourth-order valence-corrected chi connectivity index (χ4v) is 3.62. The summed E-state index contributed by atoms with van der Waals surface area (Å²) in [7, 11) is 0. The molecule has 0 radical (unpaired) electrons. The molecule has 1 aliphatic heterocycles. The molecule has 3 nitrogen and oxygen atoms in total. The molecule has 26 heavy (non-hydrogen) atoms. The van der Waals surface area contributed by atoms with Gasteiger partial charge >= 0.3 is 0 Å². The number of phenols is 1. The van der Waals surface area contributed by atoms with Crippen LogP contribution in [0.2, 0.25) is 0 Å². The van der Waals surface area contributed by atoms with Crippen LogP contribution in [0.1, 0.15) is 0 Å². The molecule has 1 heterocycles. The Balaban J connectivity index is 0.00000168. The predicted octanol–water partition coefficient (Wildman–Crippen LogP) is 5.13. The van der Waals surface area contributed by atoms with Gasteiger partial charge < -0.3 is 14.6 Å². The van der Waals surface area contributed by atoms with E-state index in [1.165, 1.54) is 0 Å². The maximum Gasteiger partial charge on any atom is 0.169 e. The summed E-state index contributed by atoms with van der Waals surface area (Å²) in [5.41, 5.74) is 1.68. The van der Waals surface area contributed by atoms with Crippen LogP contribution in [-0.2, 0) is 21.1 Å². The second-order valence-electron chi connectivity index (χ2n) is 6.18. The van der Waals surface area contributed by atoms with Gasteiger partial charge in [-0.1, -0.05) is 54.6 Å². The van der Waals surface area contributed by atoms with Crippen molar-refractivity contribution in [2.45, 2.75) is 0 Å². The van der Waals surface area contributed by atoms with Gasteiger partial charge in [-0.3, -0.25) is 0 Å². The van der Waals surface area contributed by atoms with Crippen LogP contribution in [0.25, 0.3) is 32.7 Å². The zero-order valence-electron chi connectivity index (χ0n) is 13.9. The first-order valence-corrected chi connectivity index (χ1v) is 8.35. The minimum atomic E-state index is 0.